The van der Waals surface area contributed by atoms with Crippen molar-refractivity contribution in [3.63, 3.8) is 0 Å². The van der Waals surface area contributed by atoms with E-state index in [1.807, 2.05) is 0 Å². The summed E-state index contributed by atoms with van der Waals surface area (Å²) in [6.45, 7) is 0. The normalized spacial score (nSPS) is 10.5. The molecule has 0 radical (unpaired) electrons. The molecule has 6 heteroatoms. The molecule has 2 N–H and O–H groups in total. The van der Waals surface area contributed by atoms with Gasteiger partial charge in [0.25, 0.3) is 0 Å². The Morgan fingerprint density at radius 2 is 2.00 bits per heavy atom. The van der Waals surface area contributed by atoms with Crippen molar-refractivity contribution in [2.75, 3.05) is 5.73 Å². The van der Waals surface area contributed by atoms with Gasteiger partial charge in [-0.2, -0.15) is 0 Å². The number of ketones is 1. The van der Waals surface area contributed by atoms with E-state index in [-0.39, 0.29) is 5.78 Å². The third-order valence-electron chi connectivity index (χ3n) is 2.13. The average molecular weight is 351 g/mol. The van der Waals surface area contributed by atoms with Crippen LogP contribution in [0.2, 0.25) is 10.0 Å². The topological polar surface area (TPSA) is 43.1 Å². The van der Waals surface area contributed by atoms with E-state index in [9.17, 15) is 4.79 Å². The minimum atomic E-state index is -0.156. The minimum Gasteiger partial charge on any atom is -0.398 e. The number of rotatable bonds is 2. The Labute approximate surface area is 120 Å². The van der Waals surface area contributed by atoms with Crippen LogP contribution in [0.4, 0.5) is 5.69 Å². The molecule has 1 heterocycles. The Morgan fingerprint density at radius 3 is 2.53 bits per heavy atom. The molecule has 0 aliphatic carbocycles. The molecule has 17 heavy (non-hydrogen) atoms. The molecule has 0 fully saturated rings. The zero-order valence-corrected chi connectivity index (χ0v) is 12.3. The Hall–Kier alpha value is -0.550. The SMILES string of the molecule is Nc1cc(Cl)ccc1C(=O)c1cc(Cl)c(Br)s1. The van der Waals surface area contributed by atoms with E-state index in [4.69, 9.17) is 28.9 Å². The highest BCUT2D eigenvalue weighted by Gasteiger charge is 2.16. The molecular weight excluding hydrogens is 345 g/mol. The number of carbonyl (C=O) groups excluding carboxylic acids is 1. The van der Waals surface area contributed by atoms with Crippen LogP contribution in [0.3, 0.4) is 0 Å². The number of hydrogen-bond donors (Lipinski definition) is 1. The van der Waals surface area contributed by atoms with Crippen molar-refractivity contribution in [3.05, 3.63) is 48.5 Å². The molecule has 0 bridgehead atoms. The van der Waals surface area contributed by atoms with Crippen LogP contribution in [-0.4, -0.2) is 5.78 Å². The third kappa shape index (κ3) is 2.65. The van der Waals surface area contributed by atoms with Gasteiger partial charge in [0.05, 0.1) is 13.7 Å². The second kappa shape index (κ2) is 4.98. The molecule has 0 unspecified atom stereocenters. The molecule has 88 valence electrons. The Balaban J connectivity index is 2.43. The molecular formula is C11H6BrCl2NOS. The minimum absolute atomic E-state index is 0.156. The van der Waals surface area contributed by atoms with Gasteiger partial charge in [-0.3, -0.25) is 4.79 Å². The molecule has 0 aliphatic heterocycles. The summed E-state index contributed by atoms with van der Waals surface area (Å²) in [5.41, 5.74) is 6.55. The number of hydrogen-bond acceptors (Lipinski definition) is 3. The zero-order chi connectivity index (χ0) is 12.6. The fraction of sp³-hybridized carbons (Fsp3) is 0. The lowest BCUT2D eigenvalue weighted by Gasteiger charge is -2.03. The van der Waals surface area contributed by atoms with Crippen LogP contribution < -0.4 is 5.73 Å². The van der Waals surface area contributed by atoms with E-state index in [0.29, 0.717) is 26.2 Å². The number of thiophene rings is 1. The van der Waals surface area contributed by atoms with Crippen molar-refractivity contribution in [1.29, 1.82) is 0 Å². The summed E-state index contributed by atoms with van der Waals surface area (Å²) < 4.78 is 0.732. The van der Waals surface area contributed by atoms with Crippen LogP contribution in [0.1, 0.15) is 15.2 Å². The highest BCUT2D eigenvalue weighted by atomic mass is 79.9. The van der Waals surface area contributed by atoms with E-state index in [0.717, 1.165) is 3.79 Å². The second-order valence-corrected chi connectivity index (χ2v) is 6.51. The molecule has 2 rings (SSSR count). The van der Waals surface area contributed by atoms with Gasteiger partial charge < -0.3 is 5.73 Å². The molecule has 0 amide bonds. The summed E-state index contributed by atoms with van der Waals surface area (Å²) in [6.07, 6.45) is 0. The first kappa shape index (κ1) is 12.9. The summed E-state index contributed by atoms with van der Waals surface area (Å²) in [6, 6.07) is 6.42. The van der Waals surface area contributed by atoms with Crippen molar-refractivity contribution in [3.8, 4) is 0 Å². The van der Waals surface area contributed by atoms with E-state index in [2.05, 4.69) is 15.9 Å². The molecule has 1 aromatic carbocycles. The Kier molecular flexibility index (Phi) is 3.78. The van der Waals surface area contributed by atoms with Crippen LogP contribution in [0.25, 0.3) is 0 Å². The standard InChI is InChI=1S/C11H6BrCl2NOS/c12-11-7(14)4-9(17-11)10(16)6-2-1-5(13)3-8(6)15/h1-4H,15H2. The molecule has 2 aromatic rings. The summed E-state index contributed by atoms with van der Waals surface area (Å²) in [7, 11) is 0. The number of carbonyl (C=O) groups is 1. The molecule has 0 saturated heterocycles. The molecule has 1 aromatic heterocycles. The van der Waals surface area contributed by atoms with Crippen LogP contribution in [0.5, 0.6) is 0 Å². The lowest BCUT2D eigenvalue weighted by molar-refractivity contribution is 0.104. The van der Waals surface area contributed by atoms with Gasteiger partial charge in [0, 0.05) is 16.3 Å². The molecule has 0 saturated carbocycles. The van der Waals surface area contributed by atoms with Gasteiger partial charge in [-0.1, -0.05) is 23.2 Å². The maximum Gasteiger partial charge on any atom is 0.205 e. The largest absolute Gasteiger partial charge is 0.398 e. The van der Waals surface area contributed by atoms with E-state index in [1.165, 1.54) is 11.3 Å². The monoisotopic (exact) mass is 349 g/mol. The highest BCUT2D eigenvalue weighted by molar-refractivity contribution is 9.11. The smallest absolute Gasteiger partial charge is 0.205 e. The lowest BCUT2D eigenvalue weighted by atomic mass is 10.1. The Morgan fingerprint density at radius 1 is 1.29 bits per heavy atom. The fourth-order valence-corrected chi connectivity index (χ4v) is 3.17. The molecule has 2 nitrogen and oxygen atoms in total. The van der Waals surface area contributed by atoms with Crippen LogP contribution in [0.15, 0.2) is 28.1 Å². The molecule has 0 atom stereocenters. The lowest BCUT2D eigenvalue weighted by Crippen LogP contribution is -2.03. The van der Waals surface area contributed by atoms with Gasteiger partial charge >= 0.3 is 0 Å². The van der Waals surface area contributed by atoms with Gasteiger partial charge in [0.2, 0.25) is 5.78 Å². The van der Waals surface area contributed by atoms with Crippen molar-refractivity contribution < 1.29 is 4.79 Å². The zero-order valence-electron chi connectivity index (χ0n) is 8.34. The number of nitrogens with two attached hydrogens (primary N) is 1. The number of halogens is 3. The number of nitrogen functional groups attached to an aromatic ring is 1. The molecule has 0 spiro atoms. The Bertz CT molecular complexity index is 578. The summed E-state index contributed by atoms with van der Waals surface area (Å²) >= 11 is 16.2. The van der Waals surface area contributed by atoms with Crippen molar-refractivity contribution >= 4 is 61.9 Å². The predicted molar refractivity (Wildman–Crippen MR) is 76.3 cm³/mol. The van der Waals surface area contributed by atoms with Gasteiger partial charge in [0.1, 0.15) is 0 Å². The first-order valence-electron chi connectivity index (χ1n) is 4.53. The number of benzene rings is 1. The van der Waals surface area contributed by atoms with Crippen molar-refractivity contribution in [2.45, 2.75) is 0 Å². The van der Waals surface area contributed by atoms with Crippen LogP contribution in [0, 0.1) is 0 Å². The maximum atomic E-state index is 12.2. The van der Waals surface area contributed by atoms with Gasteiger partial charge in [-0.25, -0.2) is 0 Å². The molecule has 0 aliphatic rings. The average Bonchev–Trinajstić information content (AvgIpc) is 2.58. The van der Waals surface area contributed by atoms with Crippen LogP contribution in [-0.2, 0) is 0 Å². The van der Waals surface area contributed by atoms with E-state index in [1.54, 1.807) is 24.3 Å². The first-order valence-corrected chi connectivity index (χ1v) is 6.90. The van der Waals surface area contributed by atoms with E-state index >= 15 is 0 Å². The third-order valence-corrected chi connectivity index (χ3v) is 4.84. The quantitative estimate of drug-likeness (QED) is 0.633. The fourth-order valence-electron chi connectivity index (χ4n) is 1.33. The maximum absolute atomic E-state index is 12.2. The van der Waals surface area contributed by atoms with E-state index < -0.39 is 0 Å². The number of anilines is 1. The first-order chi connectivity index (χ1) is 7.99. The second-order valence-electron chi connectivity index (χ2n) is 3.29. The van der Waals surface area contributed by atoms with Crippen molar-refractivity contribution in [2.24, 2.45) is 0 Å². The summed E-state index contributed by atoms with van der Waals surface area (Å²) in [5, 5.41) is 1.02. The van der Waals surface area contributed by atoms with Gasteiger partial charge in [-0.15, -0.1) is 11.3 Å². The summed E-state index contributed by atoms with van der Waals surface area (Å²) in [5.74, 6) is -0.156. The predicted octanol–water partition coefficient (Wildman–Crippen LogP) is 4.63. The van der Waals surface area contributed by atoms with Crippen LogP contribution >= 0.6 is 50.5 Å². The van der Waals surface area contributed by atoms with Gasteiger partial charge in [0.15, 0.2) is 0 Å². The summed E-state index contributed by atoms with van der Waals surface area (Å²) in [4.78, 5) is 12.7. The van der Waals surface area contributed by atoms with Gasteiger partial charge in [-0.05, 0) is 40.2 Å². The van der Waals surface area contributed by atoms with Crippen molar-refractivity contribution in [1.82, 2.24) is 0 Å². The highest BCUT2D eigenvalue weighted by Crippen LogP contribution is 2.34.